The van der Waals surface area contributed by atoms with E-state index in [9.17, 15) is 18.0 Å². The molecule has 0 atom stereocenters. The molecule has 0 aliphatic heterocycles. The van der Waals surface area contributed by atoms with Gasteiger partial charge in [0.2, 0.25) is 0 Å². The Morgan fingerprint density at radius 1 is 1.25 bits per heavy atom. The van der Waals surface area contributed by atoms with E-state index >= 15 is 0 Å². The van der Waals surface area contributed by atoms with Crippen LogP contribution in [0.1, 0.15) is 45.9 Å². The molecule has 0 unspecified atom stereocenters. The predicted molar refractivity (Wildman–Crippen MR) is 78.4 cm³/mol. The number of hydrogen-bond acceptors (Lipinski definition) is 4. The molecule has 3 rings (SSSR count). The van der Waals surface area contributed by atoms with Crippen molar-refractivity contribution >= 4 is 5.91 Å². The standard InChI is InChI=1S/C16H16F3N3O2/c17-16(18,19)10-5-6-11(21-9-10)7-8-20-15(23)14-12-3-1-2-4-13(12)24-22-14/h5-6,9H,1-4,7-8H2,(H,20,23). The van der Waals surface area contributed by atoms with Gasteiger partial charge in [0.05, 0.1) is 5.56 Å². The highest BCUT2D eigenvalue weighted by Crippen LogP contribution is 2.28. The lowest BCUT2D eigenvalue weighted by molar-refractivity contribution is -0.137. The van der Waals surface area contributed by atoms with Crippen LogP contribution in [-0.2, 0) is 25.4 Å². The molecule has 0 radical (unpaired) electrons. The van der Waals surface area contributed by atoms with Crippen LogP contribution in [0.15, 0.2) is 22.9 Å². The Morgan fingerprint density at radius 3 is 2.75 bits per heavy atom. The summed E-state index contributed by atoms with van der Waals surface area (Å²) in [5, 5.41) is 6.54. The van der Waals surface area contributed by atoms with Gasteiger partial charge in [-0.25, -0.2) is 0 Å². The molecule has 1 amide bonds. The van der Waals surface area contributed by atoms with E-state index in [1.54, 1.807) is 0 Å². The molecule has 0 spiro atoms. The summed E-state index contributed by atoms with van der Waals surface area (Å²) in [7, 11) is 0. The first-order valence-electron chi connectivity index (χ1n) is 7.73. The van der Waals surface area contributed by atoms with E-state index in [0.717, 1.165) is 49.3 Å². The number of halogens is 3. The zero-order chi connectivity index (χ0) is 17.2. The molecule has 0 saturated heterocycles. The van der Waals surface area contributed by atoms with Crippen LogP contribution in [0.2, 0.25) is 0 Å². The molecule has 24 heavy (non-hydrogen) atoms. The van der Waals surface area contributed by atoms with Gasteiger partial charge in [0.25, 0.3) is 5.91 Å². The van der Waals surface area contributed by atoms with Crippen molar-refractivity contribution in [2.45, 2.75) is 38.3 Å². The Bertz CT molecular complexity index is 723. The molecule has 5 nitrogen and oxygen atoms in total. The van der Waals surface area contributed by atoms with Crippen molar-refractivity contribution in [1.29, 1.82) is 0 Å². The third-order valence-corrected chi connectivity index (χ3v) is 3.98. The van der Waals surface area contributed by atoms with Crippen molar-refractivity contribution in [3.63, 3.8) is 0 Å². The lowest BCUT2D eigenvalue weighted by Gasteiger charge is -2.09. The maximum absolute atomic E-state index is 12.5. The lowest BCUT2D eigenvalue weighted by atomic mass is 9.96. The van der Waals surface area contributed by atoms with Crippen LogP contribution in [0.4, 0.5) is 13.2 Å². The lowest BCUT2D eigenvalue weighted by Crippen LogP contribution is -2.27. The second-order valence-corrected chi connectivity index (χ2v) is 5.68. The second-order valence-electron chi connectivity index (χ2n) is 5.68. The van der Waals surface area contributed by atoms with Gasteiger partial charge in [-0.3, -0.25) is 9.78 Å². The van der Waals surface area contributed by atoms with E-state index in [4.69, 9.17) is 4.52 Å². The van der Waals surface area contributed by atoms with Crippen molar-refractivity contribution < 1.29 is 22.5 Å². The minimum atomic E-state index is -4.40. The fourth-order valence-electron chi connectivity index (χ4n) is 2.69. The van der Waals surface area contributed by atoms with Crippen molar-refractivity contribution in [2.24, 2.45) is 0 Å². The van der Waals surface area contributed by atoms with Crippen LogP contribution >= 0.6 is 0 Å². The first-order chi connectivity index (χ1) is 11.4. The summed E-state index contributed by atoms with van der Waals surface area (Å²) in [6.45, 7) is 0.263. The fourth-order valence-corrected chi connectivity index (χ4v) is 2.69. The minimum Gasteiger partial charge on any atom is -0.360 e. The number of aryl methyl sites for hydroxylation is 1. The Hall–Kier alpha value is -2.38. The van der Waals surface area contributed by atoms with Gasteiger partial charge in [-0.1, -0.05) is 5.16 Å². The minimum absolute atomic E-state index is 0.263. The monoisotopic (exact) mass is 339 g/mol. The van der Waals surface area contributed by atoms with Crippen LogP contribution in [0.5, 0.6) is 0 Å². The van der Waals surface area contributed by atoms with E-state index in [1.165, 1.54) is 6.07 Å². The largest absolute Gasteiger partial charge is 0.417 e. The molecule has 2 aromatic heterocycles. The summed E-state index contributed by atoms with van der Waals surface area (Å²) in [6.07, 6.45) is 0.348. The number of aromatic nitrogens is 2. The number of nitrogens with zero attached hydrogens (tertiary/aromatic N) is 2. The number of carbonyl (C=O) groups is 1. The topological polar surface area (TPSA) is 68.0 Å². The SMILES string of the molecule is O=C(NCCc1ccc(C(F)(F)F)cn1)c1noc2c1CCCC2. The van der Waals surface area contributed by atoms with Crippen LogP contribution in [0.3, 0.4) is 0 Å². The van der Waals surface area contributed by atoms with Gasteiger partial charge in [-0.2, -0.15) is 13.2 Å². The van der Waals surface area contributed by atoms with Gasteiger partial charge >= 0.3 is 6.18 Å². The van der Waals surface area contributed by atoms with Gasteiger partial charge in [0.1, 0.15) is 5.76 Å². The number of nitrogens with one attached hydrogen (secondary N) is 1. The number of alkyl halides is 3. The summed E-state index contributed by atoms with van der Waals surface area (Å²) in [4.78, 5) is 15.9. The molecule has 1 aliphatic rings. The van der Waals surface area contributed by atoms with Gasteiger partial charge in [-0.05, 0) is 31.4 Å². The van der Waals surface area contributed by atoms with Crippen LogP contribution in [0, 0.1) is 0 Å². The highest BCUT2D eigenvalue weighted by molar-refractivity contribution is 5.93. The Labute approximate surface area is 136 Å². The Morgan fingerprint density at radius 2 is 2.04 bits per heavy atom. The molecule has 0 bridgehead atoms. The van der Waals surface area contributed by atoms with E-state index < -0.39 is 11.7 Å². The summed E-state index contributed by atoms with van der Waals surface area (Å²) in [6, 6.07) is 2.30. The molecule has 0 saturated carbocycles. The molecular weight excluding hydrogens is 323 g/mol. The number of rotatable bonds is 4. The Balaban J connectivity index is 1.55. The number of carbonyl (C=O) groups excluding carboxylic acids is 1. The maximum Gasteiger partial charge on any atom is 0.417 e. The van der Waals surface area contributed by atoms with Gasteiger partial charge < -0.3 is 9.84 Å². The van der Waals surface area contributed by atoms with E-state index in [-0.39, 0.29) is 12.5 Å². The van der Waals surface area contributed by atoms with Gasteiger partial charge in [-0.15, -0.1) is 0 Å². The summed E-state index contributed by atoms with van der Waals surface area (Å²) in [5.41, 5.74) is 0.867. The van der Waals surface area contributed by atoms with Gasteiger partial charge in [0, 0.05) is 36.8 Å². The number of fused-ring (bicyclic) bond motifs is 1. The van der Waals surface area contributed by atoms with Crippen molar-refractivity contribution in [3.8, 4) is 0 Å². The smallest absolute Gasteiger partial charge is 0.360 e. The molecule has 8 heteroatoms. The van der Waals surface area contributed by atoms with Crippen molar-refractivity contribution in [3.05, 3.63) is 46.6 Å². The summed E-state index contributed by atoms with van der Waals surface area (Å²) < 4.78 is 42.6. The molecule has 128 valence electrons. The third kappa shape index (κ3) is 3.58. The molecule has 2 heterocycles. The quantitative estimate of drug-likeness (QED) is 0.930. The van der Waals surface area contributed by atoms with Crippen LogP contribution in [0.25, 0.3) is 0 Å². The summed E-state index contributed by atoms with van der Waals surface area (Å²) >= 11 is 0. The molecule has 0 fully saturated rings. The molecule has 0 aromatic carbocycles. The second kappa shape index (κ2) is 6.62. The molecule has 1 aliphatic carbocycles. The van der Waals surface area contributed by atoms with Gasteiger partial charge in [0.15, 0.2) is 5.69 Å². The van der Waals surface area contributed by atoms with Crippen molar-refractivity contribution in [1.82, 2.24) is 15.5 Å². The zero-order valence-corrected chi connectivity index (χ0v) is 12.8. The van der Waals surface area contributed by atoms with E-state index in [1.807, 2.05) is 0 Å². The zero-order valence-electron chi connectivity index (χ0n) is 12.8. The van der Waals surface area contributed by atoms with E-state index in [2.05, 4.69) is 15.5 Å². The van der Waals surface area contributed by atoms with Crippen LogP contribution in [-0.4, -0.2) is 22.6 Å². The number of hydrogen-bond donors (Lipinski definition) is 1. The number of pyridine rings is 1. The highest BCUT2D eigenvalue weighted by atomic mass is 19.4. The third-order valence-electron chi connectivity index (χ3n) is 3.98. The predicted octanol–water partition coefficient (Wildman–Crippen LogP) is 2.94. The molecule has 1 N–H and O–H groups in total. The molecule has 2 aromatic rings. The summed E-state index contributed by atoms with van der Waals surface area (Å²) in [5.74, 6) is 0.449. The number of amides is 1. The highest BCUT2D eigenvalue weighted by Gasteiger charge is 2.30. The van der Waals surface area contributed by atoms with Crippen molar-refractivity contribution in [2.75, 3.05) is 6.54 Å². The first-order valence-corrected chi connectivity index (χ1v) is 7.73. The fraction of sp³-hybridized carbons (Fsp3) is 0.438. The normalized spacial score (nSPS) is 14.3. The van der Waals surface area contributed by atoms with Crippen LogP contribution < -0.4 is 5.32 Å². The first kappa shape index (κ1) is 16.5. The average molecular weight is 339 g/mol. The van der Waals surface area contributed by atoms with E-state index in [0.29, 0.717) is 17.8 Å². The maximum atomic E-state index is 12.5. The average Bonchev–Trinajstić information content (AvgIpc) is 2.98. The Kier molecular flexibility index (Phi) is 4.55. The molecular formula is C16H16F3N3O2.